The van der Waals surface area contributed by atoms with Crippen LogP contribution in [0.4, 0.5) is 39.5 Å². The molecule has 0 fully saturated rings. The summed E-state index contributed by atoms with van der Waals surface area (Å²) in [6.07, 6.45) is -6.94. The van der Waals surface area contributed by atoms with Gasteiger partial charge in [-0.15, -0.1) is 0 Å². The summed E-state index contributed by atoms with van der Waals surface area (Å²) >= 11 is 1.18. The van der Waals surface area contributed by atoms with Crippen LogP contribution in [0.1, 0.15) is 43.0 Å². The number of benzene rings is 1. The molecule has 0 heterocycles. The number of alkyl halides is 9. The number of hydrogen-bond donors (Lipinski definition) is 0. The van der Waals surface area contributed by atoms with E-state index in [0.29, 0.717) is 17.7 Å². The molecule has 1 aromatic carbocycles. The van der Waals surface area contributed by atoms with E-state index in [9.17, 15) is 44.3 Å². The van der Waals surface area contributed by atoms with Crippen molar-refractivity contribution in [2.75, 3.05) is 6.61 Å². The van der Waals surface area contributed by atoms with E-state index in [2.05, 4.69) is 0 Å². The molecule has 0 bridgehead atoms. The normalized spacial score (nSPS) is 14.0. The molecule has 1 aromatic rings. The van der Waals surface area contributed by atoms with E-state index < -0.39 is 33.6 Å². The van der Waals surface area contributed by atoms with Crippen molar-refractivity contribution in [2.45, 2.75) is 56.6 Å². The molecule has 0 saturated heterocycles. The van der Waals surface area contributed by atoms with Crippen LogP contribution in [0.3, 0.4) is 0 Å². The minimum absolute atomic E-state index is 0.0525. The Morgan fingerprint density at radius 3 is 1.97 bits per heavy atom. The van der Waals surface area contributed by atoms with Gasteiger partial charge in [0.15, 0.2) is 5.78 Å². The van der Waals surface area contributed by atoms with Crippen molar-refractivity contribution in [3.8, 4) is 5.75 Å². The third kappa shape index (κ3) is 6.75. The first-order valence-corrected chi connectivity index (χ1v) is 9.98. The molecule has 2 nitrogen and oxygen atoms in total. The summed E-state index contributed by atoms with van der Waals surface area (Å²) in [5.41, 5.74) is 0.503. The Hall–Kier alpha value is -1.47. The van der Waals surface area contributed by atoms with Crippen LogP contribution >= 0.6 is 22.6 Å². The number of rotatable bonds is 11. The van der Waals surface area contributed by atoms with Crippen LogP contribution in [0.15, 0.2) is 33.9 Å². The Balaban J connectivity index is 2.59. The molecule has 0 radical (unpaired) electrons. The lowest BCUT2D eigenvalue weighted by atomic mass is 10.0. The Bertz CT molecular complexity index is 772. The van der Waals surface area contributed by atoms with Crippen LogP contribution in [0, 0.1) is 0 Å². The van der Waals surface area contributed by atoms with Gasteiger partial charge in [0.05, 0.1) is 6.61 Å². The molecule has 0 saturated carbocycles. The van der Waals surface area contributed by atoms with E-state index in [1.165, 1.54) is 22.6 Å². The zero-order chi connectivity index (χ0) is 24.1. The summed E-state index contributed by atoms with van der Waals surface area (Å²) in [6, 6.07) is 6.23. The number of carbonyl (C=O) groups excluding carboxylic acids is 1. The summed E-state index contributed by atoms with van der Waals surface area (Å²) in [6.45, 7) is 1.81. The van der Waals surface area contributed by atoms with Crippen molar-refractivity contribution in [3.63, 3.8) is 0 Å². The van der Waals surface area contributed by atoms with E-state index in [1.807, 2.05) is 0 Å². The van der Waals surface area contributed by atoms with Crippen molar-refractivity contribution in [1.29, 1.82) is 0 Å². The van der Waals surface area contributed by atoms with E-state index in [0.717, 1.165) is 0 Å². The SMILES string of the molecule is CCC(=O)c1ccc(OCCCC/C(I)=C\C(F)(F)C(F)(F)C(F)(F)C(F)(F)F)cc1. The molecule has 0 atom stereocenters. The monoisotopic (exact) mass is 576 g/mol. The minimum Gasteiger partial charge on any atom is -0.494 e. The molecule has 0 amide bonds. The van der Waals surface area contributed by atoms with Gasteiger partial charge in [-0.1, -0.05) is 6.92 Å². The zero-order valence-electron chi connectivity index (χ0n) is 16.0. The largest absolute Gasteiger partial charge is 0.494 e. The van der Waals surface area contributed by atoms with Gasteiger partial charge in [0.25, 0.3) is 0 Å². The second-order valence-corrected chi connectivity index (χ2v) is 7.85. The van der Waals surface area contributed by atoms with Crippen molar-refractivity contribution >= 4 is 28.4 Å². The first kappa shape index (κ1) is 27.6. The average Bonchev–Trinajstić information content (AvgIpc) is 2.66. The lowest BCUT2D eigenvalue weighted by molar-refractivity contribution is -0.388. The fourth-order valence-electron chi connectivity index (χ4n) is 2.27. The Labute approximate surface area is 186 Å². The summed E-state index contributed by atoms with van der Waals surface area (Å²) in [4.78, 5) is 11.5. The number of ether oxygens (including phenoxy) is 1. The Morgan fingerprint density at radius 2 is 1.48 bits per heavy atom. The van der Waals surface area contributed by atoms with Gasteiger partial charge in [0.1, 0.15) is 5.75 Å². The van der Waals surface area contributed by atoms with Gasteiger partial charge in [-0.2, -0.15) is 39.5 Å². The van der Waals surface area contributed by atoms with Gasteiger partial charge in [-0.3, -0.25) is 4.79 Å². The van der Waals surface area contributed by atoms with E-state index in [1.54, 1.807) is 31.2 Å². The van der Waals surface area contributed by atoms with Crippen LogP contribution in [0.5, 0.6) is 5.75 Å². The summed E-state index contributed by atoms with van der Waals surface area (Å²) in [5.74, 6) is -18.9. The molecule has 0 unspecified atom stereocenters. The third-order valence-corrected chi connectivity index (χ3v) is 4.93. The molecule has 0 aliphatic rings. The van der Waals surface area contributed by atoms with Gasteiger partial charge in [0, 0.05) is 18.1 Å². The van der Waals surface area contributed by atoms with Gasteiger partial charge in [-0.25, -0.2) is 0 Å². The van der Waals surface area contributed by atoms with Crippen LogP contribution in [-0.4, -0.2) is 36.3 Å². The predicted octanol–water partition coefficient (Wildman–Crippen LogP) is 7.62. The number of ketones is 1. The van der Waals surface area contributed by atoms with Crippen molar-refractivity contribution in [1.82, 2.24) is 0 Å². The number of hydrogen-bond acceptors (Lipinski definition) is 2. The number of unbranched alkanes of at least 4 members (excludes halogenated alkanes) is 1. The first-order chi connectivity index (χ1) is 14.1. The van der Waals surface area contributed by atoms with E-state index in [4.69, 9.17) is 4.74 Å². The van der Waals surface area contributed by atoms with Crippen LogP contribution in [-0.2, 0) is 0 Å². The van der Waals surface area contributed by atoms with Crippen molar-refractivity contribution in [3.05, 3.63) is 39.5 Å². The van der Waals surface area contributed by atoms with Crippen LogP contribution in [0.2, 0.25) is 0 Å². The highest BCUT2D eigenvalue weighted by molar-refractivity contribution is 14.1. The highest BCUT2D eigenvalue weighted by atomic mass is 127. The molecular formula is C19H18F9IO2. The fourth-order valence-corrected chi connectivity index (χ4v) is 3.05. The molecule has 176 valence electrons. The zero-order valence-corrected chi connectivity index (χ0v) is 18.2. The average molecular weight is 576 g/mol. The van der Waals surface area contributed by atoms with Gasteiger partial charge >= 0.3 is 23.9 Å². The summed E-state index contributed by atoms with van der Waals surface area (Å²) < 4.78 is 120. The lowest BCUT2D eigenvalue weighted by Crippen LogP contribution is -2.60. The summed E-state index contributed by atoms with van der Waals surface area (Å²) in [7, 11) is 0. The van der Waals surface area contributed by atoms with Crippen molar-refractivity contribution in [2.24, 2.45) is 0 Å². The van der Waals surface area contributed by atoms with Crippen LogP contribution < -0.4 is 4.74 Å². The molecule has 0 aliphatic heterocycles. The molecule has 0 N–H and O–H groups in total. The Kier molecular flexibility index (Phi) is 9.27. The van der Waals surface area contributed by atoms with Gasteiger partial charge < -0.3 is 4.74 Å². The smallest absolute Gasteiger partial charge is 0.460 e. The Morgan fingerprint density at radius 1 is 0.935 bits per heavy atom. The second-order valence-electron chi connectivity index (χ2n) is 6.47. The minimum atomic E-state index is -6.90. The maximum atomic E-state index is 13.5. The maximum Gasteiger partial charge on any atom is 0.460 e. The van der Waals surface area contributed by atoms with Crippen LogP contribution in [0.25, 0.3) is 0 Å². The van der Waals surface area contributed by atoms with E-state index in [-0.39, 0.29) is 31.7 Å². The number of halogens is 10. The lowest BCUT2D eigenvalue weighted by Gasteiger charge is -2.32. The second kappa shape index (κ2) is 10.4. The highest BCUT2D eigenvalue weighted by Crippen LogP contribution is 2.53. The number of Topliss-reactive ketones (excluding diaryl/α,β-unsaturated/α-hetero) is 1. The maximum absolute atomic E-state index is 13.5. The molecule has 1 rings (SSSR count). The number of allylic oxidation sites excluding steroid dienone is 2. The van der Waals surface area contributed by atoms with E-state index >= 15 is 0 Å². The highest BCUT2D eigenvalue weighted by Gasteiger charge is 2.81. The van der Waals surface area contributed by atoms with Gasteiger partial charge in [0.2, 0.25) is 0 Å². The molecular weight excluding hydrogens is 558 g/mol. The first-order valence-electron chi connectivity index (χ1n) is 8.90. The topological polar surface area (TPSA) is 26.3 Å². The molecule has 0 aliphatic carbocycles. The molecule has 0 aromatic heterocycles. The van der Waals surface area contributed by atoms with Gasteiger partial charge in [-0.05, 0) is 69.7 Å². The molecule has 0 spiro atoms. The fraction of sp³-hybridized carbons (Fsp3) is 0.526. The standard InChI is InChI=1S/C19H18F9IO2/c1-2-15(30)12-6-8-14(9-7-12)31-10-4-3-5-13(29)11-16(20,21)17(22,23)18(24,25)19(26,27)28/h6-9,11H,2-5,10H2,1H3/b13-11+. The molecule has 31 heavy (non-hydrogen) atoms. The number of carbonyl (C=O) groups is 1. The summed E-state index contributed by atoms with van der Waals surface area (Å²) in [5, 5.41) is 0. The molecule has 12 heteroatoms. The van der Waals surface area contributed by atoms with Crippen molar-refractivity contribution < 1.29 is 49.0 Å². The quantitative estimate of drug-likeness (QED) is 0.117. The third-order valence-electron chi connectivity index (χ3n) is 4.08. The predicted molar refractivity (Wildman–Crippen MR) is 103 cm³/mol.